The van der Waals surface area contributed by atoms with Gasteiger partial charge in [0.1, 0.15) is 17.6 Å². The van der Waals surface area contributed by atoms with Crippen molar-refractivity contribution < 1.29 is 14.0 Å². The molecule has 1 saturated carbocycles. The van der Waals surface area contributed by atoms with Gasteiger partial charge in [0.15, 0.2) is 0 Å². The number of rotatable bonds is 7. The molecule has 180 valence electrons. The van der Waals surface area contributed by atoms with Crippen LogP contribution < -0.4 is 5.32 Å². The van der Waals surface area contributed by atoms with Crippen LogP contribution >= 0.6 is 11.3 Å². The Morgan fingerprint density at radius 3 is 2.49 bits per heavy atom. The van der Waals surface area contributed by atoms with E-state index in [2.05, 4.69) is 5.32 Å². The first kappa shape index (κ1) is 23.3. The van der Waals surface area contributed by atoms with Gasteiger partial charge in [0, 0.05) is 19.6 Å². The Kier molecular flexibility index (Phi) is 6.68. The molecule has 4 aromatic rings. The molecule has 2 aromatic heterocycles. The highest BCUT2D eigenvalue weighted by Gasteiger charge is 2.35. The molecule has 5 rings (SSSR count). The third-order valence-electron chi connectivity index (χ3n) is 6.79. The van der Waals surface area contributed by atoms with Crippen molar-refractivity contribution in [2.75, 3.05) is 0 Å². The lowest BCUT2D eigenvalue weighted by Gasteiger charge is -2.32. The average molecular weight is 490 g/mol. The van der Waals surface area contributed by atoms with Crippen LogP contribution in [-0.2, 0) is 18.4 Å². The zero-order valence-electron chi connectivity index (χ0n) is 19.6. The summed E-state index contributed by atoms with van der Waals surface area (Å²) >= 11 is 1.58. The first-order valence-corrected chi connectivity index (χ1v) is 12.8. The van der Waals surface area contributed by atoms with Gasteiger partial charge in [0.2, 0.25) is 5.91 Å². The van der Waals surface area contributed by atoms with Crippen LogP contribution in [0.4, 0.5) is 4.39 Å². The van der Waals surface area contributed by atoms with E-state index in [1.165, 1.54) is 12.1 Å². The molecule has 0 radical (unpaired) electrons. The number of aromatic nitrogens is 1. The van der Waals surface area contributed by atoms with Gasteiger partial charge in [0.05, 0.1) is 10.2 Å². The molecule has 1 aliphatic carbocycles. The second kappa shape index (κ2) is 10.0. The third-order valence-corrected chi connectivity index (χ3v) is 7.64. The molecular formula is C28H28FN3O2S. The van der Waals surface area contributed by atoms with Crippen molar-refractivity contribution in [3.05, 3.63) is 94.7 Å². The molecule has 2 aromatic carbocycles. The molecule has 1 N–H and O–H groups in total. The van der Waals surface area contributed by atoms with Gasteiger partial charge in [0.25, 0.3) is 5.91 Å². The number of nitrogens with one attached hydrogen (secondary N) is 1. The van der Waals surface area contributed by atoms with Gasteiger partial charge < -0.3 is 14.8 Å². The molecule has 1 atom stereocenters. The van der Waals surface area contributed by atoms with Gasteiger partial charge in [-0.1, -0.05) is 55.3 Å². The SMILES string of the molecule is Cn1c(C(=O)N(Cc2ccc(F)cc2)[C@@H](C(=O)NC2CCCC2)c2ccccc2)cc2sccc21. The summed E-state index contributed by atoms with van der Waals surface area (Å²) in [7, 11) is 1.87. The van der Waals surface area contributed by atoms with E-state index >= 15 is 0 Å². The molecule has 0 spiro atoms. The van der Waals surface area contributed by atoms with E-state index in [-0.39, 0.29) is 30.2 Å². The summed E-state index contributed by atoms with van der Waals surface area (Å²) in [6.07, 6.45) is 4.10. The number of aryl methyl sites for hydroxylation is 1. The summed E-state index contributed by atoms with van der Waals surface area (Å²) in [5.74, 6) is -0.766. The second-order valence-corrected chi connectivity index (χ2v) is 10.1. The topological polar surface area (TPSA) is 54.3 Å². The monoisotopic (exact) mass is 489 g/mol. The Bertz CT molecular complexity index is 1320. The molecule has 2 heterocycles. The minimum atomic E-state index is -0.817. The molecule has 0 bridgehead atoms. The van der Waals surface area contributed by atoms with Crippen molar-refractivity contribution in [2.45, 2.75) is 44.3 Å². The van der Waals surface area contributed by atoms with Crippen LogP contribution in [0, 0.1) is 5.82 Å². The Labute approximate surface area is 208 Å². The van der Waals surface area contributed by atoms with Crippen molar-refractivity contribution in [1.82, 2.24) is 14.8 Å². The van der Waals surface area contributed by atoms with Crippen LogP contribution in [0.5, 0.6) is 0 Å². The molecule has 1 aliphatic rings. The summed E-state index contributed by atoms with van der Waals surface area (Å²) in [6.45, 7) is 0.176. The number of amides is 2. The molecule has 35 heavy (non-hydrogen) atoms. The second-order valence-electron chi connectivity index (χ2n) is 9.12. The number of nitrogens with zero attached hydrogens (tertiary/aromatic N) is 2. The highest BCUT2D eigenvalue weighted by Crippen LogP contribution is 2.30. The standard InChI is InChI=1S/C28H28FN3O2S/c1-31-23-15-16-35-25(23)17-24(31)28(34)32(18-19-11-13-21(29)14-12-19)26(20-7-3-2-4-8-20)27(33)30-22-9-5-6-10-22/h2-4,7-8,11-17,22,26H,5-6,9-10,18H2,1H3,(H,30,33)/t26-/m1/s1. The quantitative estimate of drug-likeness (QED) is 0.356. The molecule has 0 saturated heterocycles. The zero-order valence-corrected chi connectivity index (χ0v) is 20.4. The van der Waals surface area contributed by atoms with Gasteiger partial charge in [-0.2, -0.15) is 0 Å². The number of benzene rings is 2. The van der Waals surface area contributed by atoms with Crippen LogP contribution in [0.2, 0.25) is 0 Å². The Morgan fingerprint density at radius 2 is 1.80 bits per heavy atom. The lowest BCUT2D eigenvalue weighted by Crippen LogP contribution is -2.46. The maximum Gasteiger partial charge on any atom is 0.271 e. The van der Waals surface area contributed by atoms with Crippen molar-refractivity contribution in [2.24, 2.45) is 7.05 Å². The van der Waals surface area contributed by atoms with Crippen LogP contribution in [-0.4, -0.2) is 27.3 Å². The van der Waals surface area contributed by atoms with Crippen LogP contribution in [0.25, 0.3) is 10.2 Å². The average Bonchev–Trinajstić information content (AvgIpc) is 3.60. The number of hydrogen-bond acceptors (Lipinski definition) is 3. The van der Waals surface area contributed by atoms with Gasteiger partial charge in [-0.25, -0.2) is 4.39 Å². The molecular weight excluding hydrogens is 461 g/mol. The molecule has 7 heteroatoms. The fourth-order valence-electron chi connectivity index (χ4n) is 4.93. The van der Waals surface area contributed by atoms with E-state index in [9.17, 15) is 14.0 Å². The highest BCUT2D eigenvalue weighted by atomic mass is 32.1. The van der Waals surface area contributed by atoms with E-state index < -0.39 is 6.04 Å². The van der Waals surface area contributed by atoms with Crippen LogP contribution in [0.3, 0.4) is 0 Å². The lowest BCUT2D eigenvalue weighted by molar-refractivity contribution is -0.126. The minimum Gasteiger partial charge on any atom is -0.351 e. The van der Waals surface area contributed by atoms with Crippen molar-refractivity contribution in [3.63, 3.8) is 0 Å². The predicted octanol–water partition coefficient (Wildman–Crippen LogP) is 5.82. The highest BCUT2D eigenvalue weighted by molar-refractivity contribution is 7.17. The summed E-state index contributed by atoms with van der Waals surface area (Å²) in [5, 5.41) is 5.19. The number of carbonyl (C=O) groups excluding carboxylic acids is 2. The van der Waals surface area contributed by atoms with Gasteiger partial charge in [-0.05, 0) is 53.6 Å². The molecule has 2 amide bonds. The molecule has 1 fully saturated rings. The van der Waals surface area contributed by atoms with E-state index in [4.69, 9.17) is 0 Å². The number of fused-ring (bicyclic) bond motifs is 1. The number of hydrogen-bond donors (Lipinski definition) is 1. The smallest absolute Gasteiger partial charge is 0.271 e. The van der Waals surface area contributed by atoms with Crippen molar-refractivity contribution in [1.29, 1.82) is 0 Å². The fourth-order valence-corrected chi connectivity index (χ4v) is 5.78. The fraction of sp³-hybridized carbons (Fsp3) is 0.286. The van der Waals surface area contributed by atoms with E-state index in [1.807, 2.05) is 59.5 Å². The zero-order chi connectivity index (χ0) is 24.4. The van der Waals surface area contributed by atoms with Gasteiger partial charge >= 0.3 is 0 Å². The summed E-state index contributed by atoms with van der Waals surface area (Å²) in [4.78, 5) is 29.5. The van der Waals surface area contributed by atoms with E-state index in [0.717, 1.165) is 47.0 Å². The third kappa shape index (κ3) is 4.86. The molecule has 5 nitrogen and oxygen atoms in total. The number of carbonyl (C=O) groups is 2. The maximum atomic E-state index is 14.1. The summed E-state index contributed by atoms with van der Waals surface area (Å²) in [5.41, 5.74) is 3.00. The number of halogens is 1. The Balaban J connectivity index is 1.57. The normalized spacial score (nSPS) is 14.8. The first-order chi connectivity index (χ1) is 17.0. The van der Waals surface area contributed by atoms with E-state index in [1.54, 1.807) is 28.4 Å². The van der Waals surface area contributed by atoms with Gasteiger partial charge in [-0.15, -0.1) is 11.3 Å². The Morgan fingerprint density at radius 1 is 1.09 bits per heavy atom. The van der Waals surface area contributed by atoms with Gasteiger partial charge in [-0.3, -0.25) is 9.59 Å². The largest absolute Gasteiger partial charge is 0.351 e. The first-order valence-electron chi connectivity index (χ1n) is 11.9. The molecule has 0 aliphatic heterocycles. The van der Waals surface area contributed by atoms with Crippen molar-refractivity contribution >= 4 is 33.4 Å². The summed E-state index contributed by atoms with van der Waals surface area (Å²) in [6, 6.07) is 18.7. The Hall–Kier alpha value is -3.45. The van der Waals surface area contributed by atoms with E-state index in [0.29, 0.717) is 5.69 Å². The number of thiophene rings is 1. The molecule has 0 unspecified atom stereocenters. The van der Waals surface area contributed by atoms with Crippen LogP contribution in [0.15, 0.2) is 72.1 Å². The maximum absolute atomic E-state index is 14.1. The minimum absolute atomic E-state index is 0.122. The summed E-state index contributed by atoms with van der Waals surface area (Å²) < 4.78 is 16.5. The predicted molar refractivity (Wildman–Crippen MR) is 137 cm³/mol. The van der Waals surface area contributed by atoms with Crippen LogP contribution in [0.1, 0.15) is 53.3 Å². The lowest BCUT2D eigenvalue weighted by atomic mass is 10.0. The van der Waals surface area contributed by atoms with Crippen molar-refractivity contribution in [3.8, 4) is 0 Å².